The molecule has 0 saturated heterocycles. The van der Waals surface area contributed by atoms with Crippen molar-refractivity contribution >= 4 is 28.4 Å². The summed E-state index contributed by atoms with van der Waals surface area (Å²) >= 11 is 0. The number of fused-ring (bicyclic) bond motifs is 1. The molecule has 3 N–H and O–H groups in total. The molecule has 0 unspecified atom stereocenters. The molecule has 3 aromatic heterocycles. The van der Waals surface area contributed by atoms with Crippen LogP contribution in [-0.2, 0) is 4.74 Å². The molecule has 5 rings (SSSR count). The Morgan fingerprint density at radius 3 is 2.51 bits per heavy atom. The lowest BCUT2D eigenvalue weighted by molar-refractivity contribution is 0.102. The molecular weight excluding hydrogens is 560 g/mol. The van der Waals surface area contributed by atoms with E-state index in [-0.39, 0.29) is 29.0 Å². The number of hydrogen-bond acceptors (Lipinski definition) is 8. The number of hydrogen-bond donors (Lipinski definition) is 3. The highest BCUT2D eigenvalue weighted by Crippen LogP contribution is 2.34. The molecule has 0 aliphatic heterocycles. The van der Waals surface area contributed by atoms with Crippen LogP contribution in [0.4, 0.5) is 20.3 Å². The quantitative estimate of drug-likeness (QED) is 0.197. The Morgan fingerprint density at radius 2 is 1.81 bits per heavy atom. The highest BCUT2D eigenvalue weighted by molar-refractivity contribution is 6.04. The van der Waals surface area contributed by atoms with Crippen LogP contribution in [0.1, 0.15) is 42.7 Å². The molecule has 0 bridgehead atoms. The Bertz CT molecular complexity index is 1840. The molecule has 0 spiro atoms. The van der Waals surface area contributed by atoms with E-state index in [1.807, 2.05) is 20.8 Å². The van der Waals surface area contributed by atoms with Gasteiger partial charge in [-0.1, -0.05) is 13.8 Å². The predicted octanol–water partition coefficient (Wildman–Crippen LogP) is 5.40. The van der Waals surface area contributed by atoms with Gasteiger partial charge in [0, 0.05) is 37.2 Å². The summed E-state index contributed by atoms with van der Waals surface area (Å²) in [5, 5.41) is 17.7. The lowest BCUT2D eigenvalue weighted by Gasteiger charge is -2.14. The van der Waals surface area contributed by atoms with Crippen LogP contribution in [0.15, 0.2) is 65.6 Å². The fraction of sp³-hybridized carbons (Fsp3) is 0.233. The summed E-state index contributed by atoms with van der Waals surface area (Å²) in [6.07, 6.45) is 1.50. The normalized spacial score (nSPS) is 12.0. The summed E-state index contributed by atoms with van der Waals surface area (Å²) in [4.78, 5) is 30.7. The van der Waals surface area contributed by atoms with Crippen LogP contribution >= 0.6 is 0 Å². The monoisotopic (exact) mass is 589 g/mol. The number of aromatic amines is 1. The van der Waals surface area contributed by atoms with E-state index < -0.39 is 23.1 Å². The van der Waals surface area contributed by atoms with Gasteiger partial charge in [-0.2, -0.15) is 14.9 Å². The van der Waals surface area contributed by atoms with Gasteiger partial charge in [0.05, 0.1) is 18.0 Å². The van der Waals surface area contributed by atoms with Gasteiger partial charge >= 0.3 is 0 Å². The van der Waals surface area contributed by atoms with Crippen molar-refractivity contribution in [2.75, 3.05) is 24.4 Å². The molecule has 11 nitrogen and oxygen atoms in total. The molecule has 5 aromatic rings. The standard InChI is InChI=1S/C30H29F2N7O4/c1-16(2)23-14-21(30(41)39(38-23)20-8-5-18(31)6-9-20)29(40)35-19-7-10-24(22(32)13-19)43-25-11-12-33-27-26(25)28(37-36-27)34-17(3)15-42-4/h5-14,16-17H,15H2,1-4H3,(H,35,40)(H2,33,34,36,37)/t17-/m1/s1. The summed E-state index contributed by atoms with van der Waals surface area (Å²) in [7, 11) is 1.59. The van der Waals surface area contributed by atoms with Crippen molar-refractivity contribution in [3.8, 4) is 17.2 Å². The van der Waals surface area contributed by atoms with Gasteiger partial charge < -0.3 is 20.1 Å². The first-order chi connectivity index (χ1) is 20.6. The number of aromatic nitrogens is 5. The molecule has 1 amide bonds. The molecule has 13 heteroatoms. The van der Waals surface area contributed by atoms with Crippen LogP contribution in [0.5, 0.6) is 11.5 Å². The highest BCUT2D eigenvalue weighted by Gasteiger charge is 2.20. The zero-order chi connectivity index (χ0) is 30.7. The van der Waals surface area contributed by atoms with Crippen LogP contribution in [-0.4, -0.2) is 50.6 Å². The zero-order valence-corrected chi connectivity index (χ0v) is 23.8. The summed E-state index contributed by atoms with van der Waals surface area (Å²) < 4.78 is 40.8. The fourth-order valence-corrected chi connectivity index (χ4v) is 4.33. The van der Waals surface area contributed by atoms with Gasteiger partial charge in [-0.15, -0.1) is 0 Å². The predicted molar refractivity (Wildman–Crippen MR) is 157 cm³/mol. The molecule has 3 heterocycles. The summed E-state index contributed by atoms with van der Waals surface area (Å²) in [5.41, 5.74) is 0.399. The minimum absolute atomic E-state index is 0.0685. The molecular formula is C30H29F2N7O4. The summed E-state index contributed by atoms with van der Waals surface area (Å²) in [5.74, 6) is -1.44. The lowest BCUT2D eigenvalue weighted by atomic mass is 10.1. The number of H-pyrrole nitrogens is 1. The first-order valence-electron chi connectivity index (χ1n) is 13.4. The van der Waals surface area contributed by atoms with E-state index in [1.54, 1.807) is 13.2 Å². The van der Waals surface area contributed by atoms with Crippen molar-refractivity contribution in [2.24, 2.45) is 0 Å². The third-order valence-corrected chi connectivity index (χ3v) is 6.47. The second kappa shape index (κ2) is 12.4. The molecule has 2 aromatic carbocycles. The van der Waals surface area contributed by atoms with Gasteiger partial charge in [0.1, 0.15) is 22.5 Å². The number of methoxy groups -OCH3 is 1. The largest absolute Gasteiger partial charge is 0.453 e. The number of nitrogens with one attached hydrogen (secondary N) is 3. The molecule has 0 saturated carbocycles. The highest BCUT2D eigenvalue weighted by atomic mass is 19.1. The molecule has 0 aliphatic carbocycles. The number of carbonyl (C=O) groups is 1. The maximum absolute atomic E-state index is 15.2. The minimum Gasteiger partial charge on any atom is -0.453 e. The topological polar surface area (TPSA) is 136 Å². The van der Waals surface area contributed by atoms with Crippen molar-refractivity contribution in [3.63, 3.8) is 0 Å². The van der Waals surface area contributed by atoms with E-state index in [2.05, 4.69) is 30.9 Å². The molecule has 0 aliphatic rings. The number of amides is 1. The van der Waals surface area contributed by atoms with Gasteiger partial charge in [0.15, 0.2) is 23.0 Å². The Balaban J connectivity index is 1.40. The Labute approximate surface area is 244 Å². The molecule has 0 fully saturated rings. The van der Waals surface area contributed by atoms with E-state index in [0.29, 0.717) is 40.6 Å². The molecule has 222 valence electrons. The minimum atomic E-state index is -0.756. The van der Waals surface area contributed by atoms with Crippen molar-refractivity contribution in [3.05, 3.63) is 94.0 Å². The number of nitrogens with zero attached hydrogens (tertiary/aromatic N) is 4. The SMILES string of the molecule is COC[C@@H](C)Nc1n[nH]c2nccc(Oc3ccc(NC(=O)c4cc(C(C)C)nn(-c5ccc(F)cc5)c4=O)cc3F)c12. The van der Waals surface area contributed by atoms with Gasteiger partial charge in [0.25, 0.3) is 11.5 Å². The van der Waals surface area contributed by atoms with E-state index in [1.165, 1.54) is 48.7 Å². The average molecular weight is 590 g/mol. The van der Waals surface area contributed by atoms with Crippen LogP contribution in [0.25, 0.3) is 16.7 Å². The van der Waals surface area contributed by atoms with Gasteiger partial charge in [-0.25, -0.2) is 13.8 Å². The zero-order valence-electron chi connectivity index (χ0n) is 23.8. The number of pyridine rings is 1. The van der Waals surface area contributed by atoms with Crippen LogP contribution in [0.2, 0.25) is 0 Å². The van der Waals surface area contributed by atoms with E-state index in [4.69, 9.17) is 9.47 Å². The number of halogens is 2. The van der Waals surface area contributed by atoms with E-state index >= 15 is 4.39 Å². The lowest BCUT2D eigenvalue weighted by Crippen LogP contribution is -2.31. The summed E-state index contributed by atoms with van der Waals surface area (Å²) in [6, 6.07) is 12.0. The van der Waals surface area contributed by atoms with Gasteiger partial charge in [-0.3, -0.25) is 14.7 Å². The molecule has 0 radical (unpaired) electrons. The first-order valence-corrected chi connectivity index (χ1v) is 13.4. The third kappa shape index (κ3) is 6.36. The number of anilines is 2. The number of benzene rings is 2. The van der Waals surface area contributed by atoms with Crippen LogP contribution in [0, 0.1) is 11.6 Å². The number of rotatable bonds is 10. The van der Waals surface area contributed by atoms with Gasteiger partial charge in [-0.05, 0) is 55.3 Å². The van der Waals surface area contributed by atoms with Crippen LogP contribution in [0.3, 0.4) is 0 Å². The van der Waals surface area contributed by atoms with E-state index in [9.17, 15) is 14.0 Å². The Morgan fingerprint density at radius 1 is 1.05 bits per heavy atom. The number of carbonyl (C=O) groups excluding carboxylic acids is 1. The van der Waals surface area contributed by atoms with Crippen LogP contribution < -0.4 is 20.9 Å². The molecule has 43 heavy (non-hydrogen) atoms. The molecule has 1 atom stereocenters. The average Bonchev–Trinajstić information content (AvgIpc) is 3.38. The van der Waals surface area contributed by atoms with Gasteiger partial charge in [0.2, 0.25) is 0 Å². The number of ether oxygens (including phenoxy) is 2. The smallest absolute Gasteiger partial charge is 0.284 e. The first kappa shape index (κ1) is 29.3. The maximum Gasteiger partial charge on any atom is 0.284 e. The Kier molecular flexibility index (Phi) is 8.44. The van der Waals surface area contributed by atoms with Crippen molar-refractivity contribution < 1.29 is 23.0 Å². The summed E-state index contributed by atoms with van der Waals surface area (Å²) in [6.45, 7) is 6.07. The second-order valence-electron chi connectivity index (χ2n) is 10.1. The van der Waals surface area contributed by atoms with Crippen molar-refractivity contribution in [2.45, 2.75) is 32.7 Å². The second-order valence-corrected chi connectivity index (χ2v) is 10.1. The Hall–Kier alpha value is -5.17. The maximum atomic E-state index is 15.2. The third-order valence-electron chi connectivity index (χ3n) is 6.47. The van der Waals surface area contributed by atoms with E-state index in [0.717, 1.165) is 10.7 Å². The fourth-order valence-electron chi connectivity index (χ4n) is 4.33. The van der Waals surface area contributed by atoms with Crippen molar-refractivity contribution in [1.82, 2.24) is 25.0 Å². The van der Waals surface area contributed by atoms with Crippen molar-refractivity contribution in [1.29, 1.82) is 0 Å².